The molecule has 2 saturated heterocycles. The zero-order chi connectivity index (χ0) is 15.3. The minimum Gasteiger partial charge on any atom is -0.459 e. The van der Waals surface area contributed by atoms with Crippen LogP contribution in [0.1, 0.15) is 36.0 Å². The van der Waals surface area contributed by atoms with E-state index in [-0.39, 0.29) is 30.3 Å². The van der Waals surface area contributed by atoms with Gasteiger partial charge in [-0.1, -0.05) is 0 Å². The van der Waals surface area contributed by atoms with Crippen LogP contribution < -0.4 is 0 Å². The van der Waals surface area contributed by atoms with Gasteiger partial charge in [0.2, 0.25) is 0 Å². The molecule has 2 aliphatic heterocycles. The molecule has 4 rings (SSSR count). The predicted octanol–water partition coefficient (Wildman–Crippen LogP) is 3.51. The Morgan fingerprint density at radius 1 is 1.30 bits per heavy atom. The molecule has 6 heteroatoms. The summed E-state index contributed by atoms with van der Waals surface area (Å²) in [4.78, 5) is 17.8. The normalized spacial score (nSPS) is 27.0. The highest BCUT2D eigenvalue weighted by Gasteiger charge is 2.40. The number of nitrogens with zero attached hydrogens (tertiary/aromatic N) is 1. The molecule has 3 atom stereocenters. The largest absolute Gasteiger partial charge is 0.459 e. The molecule has 0 spiro atoms. The first-order valence-corrected chi connectivity index (χ1v) is 7.81. The Morgan fingerprint density at radius 2 is 2.00 bits per heavy atom. The highest BCUT2D eigenvalue weighted by atomic mass is 35.5. The molecule has 0 amide bonds. The molecule has 1 N–H and O–H groups in total. The number of esters is 1. The summed E-state index contributed by atoms with van der Waals surface area (Å²) in [6.45, 7) is 0. The average molecular weight is 339 g/mol. The van der Waals surface area contributed by atoms with Crippen molar-refractivity contribution in [1.29, 1.82) is 0 Å². The van der Waals surface area contributed by atoms with E-state index in [1.54, 1.807) is 12.3 Å². The molecule has 1 aromatic heterocycles. The predicted molar refractivity (Wildman–Crippen MR) is 88.5 cm³/mol. The first-order valence-electron chi connectivity index (χ1n) is 7.81. The van der Waals surface area contributed by atoms with Gasteiger partial charge in [-0.2, -0.15) is 0 Å². The van der Waals surface area contributed by atoms with E-state index in [1.165, 1.54) is 25.0 Å². The number of hydrogen-bond acceptors (Lipinski definition) is 3. The first kappa shape index (κ1) is 16.3. The molecule has 2 bridgehead atoms. The van der Waals surface area contributed by atoms with Crippen LogP contribution >= 0.6 is 12.4 Å². The fourth-order valence-corrected chi connectivity index (χ4v) is 3.94. The zero-order valence-electron chi connectivity index (χ0n) is 12.9. The number of carbonyl (C=O) groups is 1. The van der Waals surface area contributed by atoms with Crippen LogP contribution in [0, 0.1) is 5.82 Å². The number of aromatic amines is 1. The summed E-state index contributed by atoms with van der Waals surface area (Å²) in [6, 6.07) is 5.45. The summed E-state index contributed by atoms with van der Waals surface area (Å²) in [5, 5.41) is 0.710. The fraction of sp³-hybridized carbons (Fsp3) is 0.471. The van der Waals surface area contributed by atoms with Crippen molar-refractivity contribution in [2.75, 3.05) is 7.05 Å². The number of rotatable bonds is 2. The second kappa shape index (κ2) is 6.13. The number of carbonyl (C=O) groups excluding carboxylic acids is 1. The number of nitrogens with one attached hydrogen (secondary N) is 1. The van der Waals surface area contributed by atoms with Crippen LogP contribution in [0.3, 0.4) is 0 Å². The maximum Gasteiger partial charge on any atom is 0.340 e. The lowest BCUT2D eigenvalue weighted by Gasteiger charge is -2.35. The van der Waals surface area contributed by atoms with Crippen molar-refractivity contribution in [1.82, 2.24) is 9.88 Å². The fourth-order valence-electron chi connectivity index (χ4n) is 3.94. The molecule has 2 aliphatic rings. The number of aromatic nitrogens is 1. The quantitative estimate of drug-likeness (QED) is 0.852. The van der Waals surface area contributed by atoms with E-state index in [0.29, 0.717) is 28.6 Å². The van der Waals surface area contributed by atoms with Crippen LogP contribution in [-0.4, -0.2) is 41.1 Å². The Balaban J connectivity index is 0.00000156. The molecule has 0 radical (unpaired) electrons. The molecule has 23 heavy (non-hydrogen) atoms. The number of benzene rings is 1. The summed E-state index contributed by atoms with van der Waals surface area (Å²) < 4.78 is 18.9. The van der Waals surface area contributed by atoms with Gasteiger partial charge in [-0.15, -0.1) is 12.4 Å². The second-order valence-electron chi connectivity index (χ2n) is 6.44. The zero-order valence-corrected chi connectivity index (χ0v) is 13.7. The Hall–Kier alpha value is -1.59. The monoisotopic (exact) mass is 338 g/mol. The van der Waals surface area contributed by atoms with Crippen LogP contribution in [0.25, 0.3) is 10.9 Å². The molecular weight excluding hydrogens is 319 g/mol. The molecule has 0 saturated carbocycles. The minimum absolute atomic E-state index is 0. The first-order chi connectivity index (χ1) is 10.6. The molecular formula is C17H20ClFN2O2. The van der Waals surface area contributed by atoms with Gasteiger partial charge < -0.3 is 14.6 Å². The molecule has 4 nitrogen and oxygen atoms in total. The average Bonchev–Trinajstić information content (AvgIpc) is 2.97. The molecule has 0 aliphatic carbocycles. The van der Waals surface area contributed by atoms with Gasteiger partial charge in [-0.25, -0.2) is 9.18 Å². The number of piperidine rings is 1. The van der Waals surface area contributed by atoms with E-state index in [0.717, 1.165) is 12.8 Å². The Morgan fingerprint density at radius 3 is 2.70 bits per heavy atom. The summed E-state index contributed by atoms with van der Waals surface area (Å²) >= 11 is 0. The topological polar surface area (TPSA) is 45.3 Å². The summed E-state index contributed by atoms with van der Waals surface area (Å²) in [6.07, 6.45) is 5.82. The second-order valence-corrected chi connectivity index (χ2v) is 6.44. The Bertz CT molecular complexity index is 718. The van der Waals surface area contributed by atoms with E-state index in [2.05, 4.69) is 16.9 Å². The maximum atomic E-state index is 13.2. The molecule has 3 heterocycles. The van der Waals surface area contributed by atoms with Gasteiger partial charge in [0.05, 0.1) is 5.56 Å². The van der Waals surface area contributed by atoms with E-state index < -0.39 is 0 Å². The van der Waals surface area contributed by atoms with E-state index in [4.69, 9.17) is 4.74 Å². The summed E-state index contributed by atoms with van der Waals surface area (Å²) in [7, 11) is 2.16. The van der Waals surface area contributed by atoms with Crippen molar-refractivity contribution in [3.05, 3.63) is 35.8 Å². The number of halogens is 2. The van der Waals surface area contributed by atoms with Crippen molar-refractivity contribution in [2.45, 2.75) is 43.9 Å². The lowest BCUT2D eigenvalue weighted by molar-refractivity contribution is -0.000260. The van der Waals surface area contributed by atoms with Crippen LogP contribution in [-0.2, 0) is 4.74 Å². The third-order valence-electron chi connectivity index (χ3n) is 5.19. The number of ether oxygens (including phenoxy) is 1. The summed E-state index contributed by atoms with van der Waals surface area (Å²) in [5.74, 6) is -0.632. The lowest BCUT2D eigenvalue weighted by Crippen LogP contribution is -2.43. The Labute approximate surface area is 140 Å². The van der Waals surface area contributed by atoms with Gasteiger partial charge in [-0.3, -0.25) is 0 Å². The third-order valence-corrected chi connectivity index (χ3v) is 5.19. The van der Waals surface area contributed by atoms with Crippen molar-refractivity contribution in [2.24, 2.45) is 0 Å². The van der Waals surface area contributed by atoms with E-state index in [9.17, 15) is 9.18 Å². The highest BCUT2D eigenvalue weighted by Crippen LogP contribution is 2.36. The van der Waals surface area contributed by atoms with Gasteiger partial charge in [0, 0.05) is 42.0 Å². The van der Waals surface area contributed by atoms with Gasteiger partial charge >= 0.3 is 5.97 Å². The molecule has 124 valence electrons. The molecule has 0 unspecified atom stereocenters. The minimum atomic E-state index is -0.318. The summed E-state index contributed by atoms with van der Waals surface area (Å²) in [5.41, 5.74) is 1.11. The maximum absolute atomic E-state index is 13.2. The van der Waals surface area contributed by atoms with Gasteiger partial charge in [0.1, 0.15) is 11.9 Å². The van der Waals surface area contributed by atoms with Crippen LogP contribution in [0.4, 0.5) is 4.39 Å². The third kappa shape index (κ3) is 2.83. The van der Waals surface area contributed by atoms with E-state index in [1.807, 2.05) is 0 Å². The van der Waals surface area contributed by atoms with Crippen molar-refractivity contribution >= 4 is 29.3 Å². The number of hydrogen-bond donors (Lipinski definition) is 1. The standard InChI is InChI=1S/C17H19FN2O2.ClH/c1-20-11-3-4-12(20)8-13(7-11)22-17(21)15-9-19-16-6-10(18)2-5-14(15)16;/h2,5-6,9,11-13,19H,3-4,7-8H2,1H3;1H/t11-,12+,13-;. The number of H-pyrrole nitrogens is 1. The van der Waals surface area contributed by atoms with Gasteiger partial charge in [-0.05, 0) is 38.1 Å². The lowest BCUT2D eigenvalue weighted by atomic mass is 10.0. The SMILES string of the molecule is CN1[C@@H]2CC[C@H]1C[C@H](OC(=O)c1c[nH]c3cc(F)ccc13)C2.Cl. The smallest absolute Gasteiger partial charge is 0.340 e. The van der Waals surface area contributed by atoms with Crippen molar-refractivity contribution in [3.63, 3.8) is 0 Å². The van der Waals surface area contributed by atoms with Crippen LogP contribution in [0.15, 0.2) is 24.4 Å². The van der Waals surface area contributed by atoms with Crippen molar-refractivity contribution in [3.8, 4) is 0 Å². The van der Waals surface area contributed by atoms with Crippen LogP contribution in [0.5, 0.6) is 0 Å². The molecule has 2 fully saturated rings. The van der Waals surface area contributed by atoms with Gasteiger partial charge in [0.15, 0.2) is 0 Å². The van der Waals surface area contributed by atoms with Crippen molar-refractivity contribution < 1.29 is 13.9 Å². The molecule has 1 aromatic carbocycles. The Kier molecular flexibility index (Phi) is 4.34. The molecule has 2 aromatic rings. The van der Waals surface area contributed by atoms with Gasteiger partial charge in [0.25, 0.3) is 0 Å². The number of fused-ring (bicyclic) bond motifs is 3. The van der Waals surface area contributed by atoms with E-state index >= 15 is 0 Å². The van der Waals surface area contributed by atoms with Crippen LogP contribution in [0.2, 0.25) is 0 Å². The highest BCUT2D eigenvalue weighted by molar-refractivity contribution is 6.04.